The predicted molar refractivity (Wildman–Crippen MR) is 79.9 cm³/mol. The van der Waals surface area contributed by atoms with Gasteiger partial charge in [0.1, 0.15) is 11.5 Å². The molecule has 2 aromatic carbocycles. The summed E-state index contributed by atoms with van der Waals surface area (Å²) in [4.78, 5) is 0. The molecule has 0 aliphatic carbocycles. The van der Waals surface area contributed by atoms with Crippen molar-refractivity contribution in [3.05, 3.63) is 58.6 Å². The smallest absolute Gasteiger partial charge is 0.146 e. The molecule has 2 rings (SSSR count). The van der Waals surface area contributed by atoms with Crippen molar-refractivity contribution in [1.29, 1.82) is 0 Å². The Hall–Kier alpha value is -1.51. The standard InChI is InChI=1S/C16H18ClNO/c1-3-14(18)12-6-4-5-7-15(12)19-16-9-8-11(2)10-13(16)17/h4-10,14H,3,18H2,1-2H3/t14-/m0/s1. The van der Waals surface area contributed by atoms with Crippen molar-refractivity contribution in [3.63, 3.8) is 0 Å². The molecule has 0 heterocycles. The fourth-order valence-electron chi connectivity index (χ4n) is 1.91. The first-order valence-corrected chi connectivity index (χ1v) is 6.78. The number of hydrogen-bond acceptors (Lipinski definition) is 2. The average Bonchev–Trinajstić information content (AvgIpc) is 2.41. The van der Waals surface area contributed by atoms with Gasteiger partial charge in [-0.3, -0.25) is 0 Å². The maximum absolute atomic E-state index is 6.19. The summed E-state index contributed by atoms with van der Waals surface area (Å²) in [6.45, 7) is 4.05. The van der Waals surface area contributed by atoms with Gasteiger partial charge >= 0.3 is 0 Å². The molecular weight excluding hydrogens is 258 g/mol. The minimum atomic E-state index is -0.0274. The Labute approximate surface area is 119 Å². The van der Waals surface area contributed by atoms with Crippen molar-refractivity contribution >= 4 is 11.6 Å². The van der Waals surface area contributed by atoms with Gasteiger partial charge in [0.05, 0.1) is 5.02 Å². The van der Waals surface area contributed by atoms with E-state index in [9.17, 15) is 0 Å². The van der Waals surface area contributed by atoms with Gasteiger partial charge in [0.2, 0.25) is 0 Å². The van der Waals surface area contributed by atoms with Gasteiger partial charge in [-0.15, -0.1) is 0 Å². The van der Waals surface area contributed by atoms with E-state index in [1.165, 1.54) is 0 Å². The number of ether oxygens (including phenoxy) is 1. The Bertz CT molecular complexity index is 568. The van der Waals surface area contributed by atoms with Gasteiger partial charge in [0.15, 0.2) is 0 Å². The second-order valence-electron chi connectivity index (χ2n) is 4.59. The highest BCUT2D eigenvalue weighted by Crippen LogP contribution is 2.34. The molecule has 100 valence electrons. The van der Waals surface area contributed by atoms with Gasteiger partial charge in [0, 0.05) is 11.6 Å². The predicted octanol–water partition coefficient (Wildman–Crippen LogP) is 4.85. The highest BCUT2D eigenvalue weighted by atomic mass is 35.5. The molecule has 1 atom stereocenters. The van der Waals surface area contributed by atoms with Crippen molar-refractivity contribution < 1.29 is 4.74 Å². The molecule has 2 aromatic rings. The number of benzene rings is 2. The molecule has 0 aliphatic rings. The lowest BCUT2D eigenvalue weighted by molar-refractivity contribution is 0.469. The normalized spacial score (nSPS) is 12.2. The SMILES string of the molecule is CC[C@H](N)c1ccccc1Oc1ccc(C)cc1Cl. The first kappa shape index (κ1) is 13.9. The summed E-state index contributed by atoms with van der Waals surface area (Å²) < 4.78 is 5.91. The maximum atomic E-state index is 6.19. The Morgan fingerprint density at radius 2 is 1.89 bits per heavy atom. The average molecular weight is 276 g/mol. The molecule has 3 heteroatoms. The molecule has 0 bridgehead atoms. The van der Waals surface area contributed by atoms with Crippen LogP contribution in [0.1, 0.15) is 30.5 Å². The zero-order chi connectivity index (χ0) is 13.8. The second kappa shape index (κ2) is 6.09. The molecule has 0 aromatic heterocycles. The fraction of sp³-hybridized carbons (Fsp3) is 0.250. The lowest BCUT2D eigenvalue weighted by atomic mass is 10.0. The highest BCUT2D eigenvalue weighted by Gasteiger charge is 2.11. The lowest BCUT2D eigenvalue weighted by Crippen LogP contribution is -2.09. The molecule has 2 N–H and O–H groups in total. The second-order valence-corrected chi connectivity index (χ2v) is 5.00. The minimum Gasteiger partial charge on any atom is -0.455 e. The first-order valence-electron chi connectivity index (χ1n) is 6.40. The zero-order valence-electron chi connectivity index (χ0n) is 11.2. The van der Waals surface area contributed by atoms with Crippen LogP contribution in [0.25, 0.3) is 0 Å². The highest BCUT2D eigenvalue weighted by molar-refractivity contribution is 6.32. The quantitative estimate of drug-likeness (QED) is 0.866. The maximum Gasteiger partial charge on any atom is 0.146 e. The van der Waals surface area contributed by atoms with E-state index in [2.05, 4.69) is 6.92 Å². The van der Waals surface area contributed by atoms with E-state index in [0.29, 0.717) is 10.8 Å². The molecule has 2 nitrogen and oxygen atoms in total. The summed E-state index contributed by atoms with van der Waals surface area (Å²) in [6.07, 6.45) is 0.863. The topological polar surface area (TPSA) is 35.2 Å². The fourth-order valence-corrected chi connectivity index (χ4v) is 2.18. The van der Waals surface area contributed by atoms with Gasteiger partial charge in [-0.25, -0.2) is 0 Å². The molecule has 0 amide bonds. The van der Waals surface area contributed by atoms with Crippen LogP contribution in [-0.4, -0.2) is 0 Å². The molecule has 0 unspecified atom stereocenters. The molecular formula is C16H18ClNO. The number of para-hydroxylation sites is 1. The number of hydrogen-bond donors (Lipinski definition) is 1. The van der Waals surface area contributed by atoms with Crippen LogP contribution in [0.4, 0.5) is 0 Å². The number of rotatable bonds is 4. The van der Waals surface area contributed by atoms with Gasteiger partial charge < -0.3 is 10.5 Å². The summed E-state index contributed by atoms with van der Waals surface area (Å²) in [7, 11) is 0. The summed E-state index contributed by atoms with van der Waals surface area (Å²) in [6, 6.07) is 13.5. The van der Waals surface area contributed by atoms with Crippen LogP contribution in [0.5, 0.6) is 11.5 Å². The molecule has 0 spiro atoms. The Kier molecular flexibility index (Phi) is 4.46. The minimum absolute atomic E-state index is 0.0274. The summed E-state index contributed by atoms with van der Waals surface area (Å²) in [5, 5.41) is 0.611. The summed E-state index contributed by atoms with van der Waals surface area (Å²) in [5.41, 5.74) is 8.21. The van der Waals surface area contributed by atoms with Crippen molar-refractivity contribution in [3.8, 4) is 11.5 Å². The molecule has 0 saturated heterocycles. The van der Waals surface area contributed by atoms with Gasteiger partial charge in [-0.05, 0) is 37.1 Å². The van der Waals surface area contributed by atoms with Crippen LogP contribution in [0.2, 0.25) is 5.02 Å². The van der Waals surface area contributed by atoms with E-state index < -0.39 is 0 Å². The van der Waals surface area contributed by atoms with Gasteiger partial charge in [-0.2, -0.15) is 0 Å². The van der Waals surface area contributed by atoms with Crippen LogP contribution in [0.15, 0.2) is 42.5 Å². The number of halogens is 1. The zero-order valence-corrected chi connectivity index (χ0v) is 11.9. The van der Waals surface area contributed by atoms with Crippen molar-refractivity contribution in [2.45, 2.75) is 26.3 Å². The van der Waals surface area contributed by atoms with E-state index in [-0.39, 0.29) is 6.04 Å². The third-order valence-corrected chi connectivity index (χ3v) is 3.36. The molecule has 0 fully saturated rings. The van der Waals surface area contributed by atoms with E-state index in [4.69, 9.17) is 22.1 Å². The van der Waals surface area contributed by atoms with Crippen LogP contribution in [0.3, 0.4) is 0 Å². The van der Waals surface area contributed by atoms with Crippen molar-refractivity contribution in [2.24, 2.45) is 5.73 Å². The van der Waals surface area contributed by atoms with E-state index >= 15 is 0 Å². The third-order valence-electron chi connectivity index (χ3n) is 3.07. The van der Waals surface area contributed by atoms with Crippen LogP contribution in [-0.2, 0) is 0 Å². The Morgan fingerprint density at radius 1 is 1.16 bits per heavy atom. The molecule has 19 heavy (non-hydrogen) atoms. The molecule has 0 radical (unpaired) electrons. The van der Waals surface area contributed by atoms with Crippen LogP contribution >= 0.6 is 11.6 Å². The summed E-state index contributed by atoms with van der Waals surface area (Å²) >= 11 is 6.19. The largest absolute Gasteiger partial charge is 0.455 e. The van der Waals surface area contributed by atoms with Crippen molar-refractivity contribution in [1.82, 2.24) is 0 Å². The molecule has 0 saturated carbocycles. The monoisotopic (exact) mass is 275 g/mol. The Morgan fingerprint density at radius 3 is 2.58 bits per heavy atom. The van der Waals surface area contributed by atoms with Gasteiger partial charge in [0.25, 0.3) is 0 Å². The van der Waals surface area contributed by atoms with Crippen LogP contribution < -0.4 is 10.5 Å². The van der Waals surface area contributed by atoms with E-state index in [1.54, 1.807) is 0 Å². The molecule has 0 aliphatic heterocycles. The van der Waals surface area contributed by atoms with Crippen molar-refractivity contribution in [2.75, 3.05) is 0 Å². The number of aryl methyl sites for hydroxylation is 1. The number of nitrogens with two attached hydrogens (primary N) is 1. The first-order chi connectivity index (χ1) is 9.11. The Balaban J connectivity index is 2.33. The van der Waals surface area contributed by atoms with E-state index in [1.807, 2.05) is 49.4 Å². The lowest BCUT2D eigenvalue weighted by Gasteiger charge is -2.16. The third kappa shape index (κ3) is 3.28. The summed E-state index contributed by atoms with van der Waals surface area (Å²) in [5.74, 6) is 1.42. The van der Waals surface area contributed by atoms with E-state index in [0.717, 1.165) is 23.3 Å². The van der Waals surface area contributed by atoms with Gasteiger partial charge in [-0.1, -0.05) is 42.8 Å². The van der Waals surface area contributed by atoms with Crippen LogP contribution in [0, 0.1) is 6.92 Å².